The van der Waals surface area contributed by atoms with E-state index in [2.05, 4.69) is 40.4 Å². The van der Waals surface area contributed by atoms with Gasteiger partial charge in [0.2, 0.25) is 0 Å². The Morgan fingerprint density at radius 3 is 2.11 bits per heavy atom. The van der Waals surface area contributed by atoms with Crippen molar-refractivity contribution in [1.29, 1.82) is 0 Å². The summed E-state index contributed by atoms with van der Waals surface area (Å²) in [6, 6.07) is 8.70. The van der Waals surface area contributed by atoms with Gasteiger partial charge in [-0.1, -0.05) is 58.4 Å². The summed E-state index contributed by atoms with van der Waals surface area (Å²) < 4.78 is 32.2. The molecule has 0 radical (unpaired) electrons. The number of hydrogen-bond acceptors (Lipinski definition) is 9. The average molecular weight is 657 g/mol. The molecule has 1 aromatic rings. The molecule has 46 heavy (non-hydrogen) atoms. The summed E-state index contributed by atoms with van der Waals surface area (Å²) in [6.45, 7) is 21.3. The fraction of sp³-hybridized carbons (Fsp3) is 0.694. The van der Waals surface area contributed by atoms with E-state index >= 15 is 0 Å². The normalized spacial score (nSPS) is 39.9. The zero-order chi connectivity index (χ0) is 34.2. The van der Waals surface area contributed by atoms with Gasteiger partial charge in [-0.3, -0.25) is 9.59 Å². The van der Waals surface area contributed by atoms with Gasteiger partial charge in [0.1, 0.15) is 23.9 Å². The zero-order valence-electron chi connectivity index (χ0n) is 29.3. The van der Waals surface area contributed by atoms with E-state index < -0.39 is 78.6 Å². The van der Waals surface area contributed by atoms with Crippen LogP contribution in [0.2, 0.25) is 19.6 Å². The predicted molar refractivity (Wildman–Crippen MR) is 174 cm³/mol. The molecule has 9 nitrogen and oxygen atoms in total. The van der Waals surface area contributed by atoms with E-state index in [1.54, 1.807) is 24.3 Å². The van der Waals surface area contributed by atoms with Crippen molar-refractivity contribution in [1.82, 2.24) is 0 Å². The summed E-state index contributed by atoms with van der Waals surface area (Å²) in [4.78, 5) is 40.0. The topological polar surface area (TPSA) is 118 Å². The van der Waals surface area contributed by atoms with Gasteiger partial charge in [-0.15, -0.1) is 0 Å². The van der Waals surface area contributed by atoms with Crippen LogP contribution in [0, 0.1) is 28.6 Å². The average Bonchev–Trinajstić information content (AvgIpc) is 2.93. The van der Waals surface area contributed by atoms with Crippen LogP contribution in [0.15, 0.2) is 41.5 Å². The second-order valence-corrected chi connectivity index (χ2v) is 20.4. The van der Waals surface area contributed by atoms with Crippen LogP contribution in [-0.2, 0) is 33.0 Å². The molecule has 0 spiro atoms. The van der Waals surface area contributed by atoms with E-state index in [4.69, 9.17) is 23.4 Å². The third kappa shape index (κ3) is 5.27. The second-order valence-electron chi connectivity index (χ2n) is 15.9. The van der Waals surface area contributed by atoms with Crippen LogP contribution in [0.5, 0.6) is 0 Å². The van der Waals surface area contributed by atoms with Crippen LogP contribution < -0.4 is 0 Å². The number of fused-ring (bicyclic) bond motifs is 5. The van der Waals surface area contributed by atoms with Crippen molar-refractivity contribution >= 4 is 26.2 Å². The van der Waals surface area contributed by atoms with E-state index in [-0.39, 0.29) is 24.9 Å². The maximum atomic E-state index is 14.1. The Hall–Kier alpha value is -2.53. The van der Waals surface area contributed by atoms with Gasteiger partial charge in [-0.2, -0.15) is 0 Å². The number of aliphatic hydroxyl groups is 1. The van der Waals surface area contributed by atoms with Gasteiger partial charge in [-0.25, -0.2) is 4.79 Å². The number of hydrogen-bond donors (Lipinski definition) is 1. The Bertz CT molecular complexity index is 1420. The van der Waals surface area contributed by atoms with Crippen LogP contribution in [-0.4, -0.2) is 73.6 Å². The monoisotopic (exact) mass is 656 g/mol. The lowest BCUT2D eigenvalue weighted by Crippen LogP contribution is -2.81. The lowest BCUT2D eigenvalue weighted by Gasteiger charge is -2.70. The van der Waals surface area contributed by atoms with Crippen molar-refractivity contribution in [2.75, 3.05) is 6.61 Å². The summed E-state index contributed by atoms with van der Waals surface area (Å²) in [5, 5.41) is 13.5. The minimum absolute atomic E-state index is 0.0673. The van der Waals surface area contributed by atoms with Crippen LogP contribution in [0.4, 0.5) is 0 Å². The molecule has 1 aromatic carbocycles. The van der Waals surface area contributed by atoms with Crippen molar-refractivity contribution in [3.05, 3.63) is 47.0 Å². The Morgan fingerprint density at radius 1 is 0.957 bits per heavy atom. The second kappa shape index (κ2) is 11.6. The van der Waals surface area contributed by atoms with Crippen LogP contribution in [0.1, 0.15) is 78.6 Å². The first kappa shape index (κ1) is 34.8. The largest absolute Gasteiger partial charge is 0.461 e. The molecule has 3 aliphatic carbocycles. The van der Waals surface area contributed by atoms with Gasteiger partial charge in [0.15, 0.2) is 13.9 Å². The van der Waals surface area contributed by atoms with Gasteiger partial charge in [0.05, 0.1) is 24.2 Å². The maximum Gasteiger partial charge on any atom is 0.338 e. The molecule has 1 saturated heterocycles. The third-order valence-electron chi connectivity index (χ3n) is 11.7. The molecule has 3 fully saturated rings. The first-order chi connectivity index (χ1) is 21.2. The molecule has 4 aliphatic rings. The molecular weight excluding hydrogens is 604 g/mol. The minimum Gasteiger partial charge on any atom is -0.461 e. The summed E-state index contributed by atoms with van der Waals surface area (Å²) in [5.74, 6) is -2.83. The number of carbonyl (C=O) groups is 3. The highest BCUT2D eigenvalue weighted by atomic mass is 28.4. The van der Waals surface area contributed by atoms with Crippen LogP contribution >= 0.6 is 0 Å². The first-order valence-electron chi connectivity index (χ1n) is 16.6. The SMILES string of the molecule is CC(=O)O[C@@H]1[C@H](C)C2=C(C)C(O[Si](C)(C)C)C[C@@](O)(C(OC(=O)c3ccccc3)C3[C@@]1(C)[C@@H](C)C[C@H]1OC[C@@]31OC(C)=O)C2(C)C. The number of benzene rings is 1. The van der Waals surface area contributed by atoms with E-state index in [0.717, 1.165) is 11.1 Å². The molecule has 2 saturated carbocycles. The summed E-state index contributed by atoms with van der Waals surface area (Å²) >= 11 is 0. The van der Waals surface area contributed by atoms with Gasteiger partial charge in [0, 0.05) is 37.0 Å². The minimum atomic E-state index is -2.15. The lowest BCUT2D eigenvalue weighted by molar-refractivity contribution is -0.357. The lowest BCUT2D eigenvalue weighted by atomic mass is 9.42. The molecule has 0 amide bonds. The van der Waals surface area contributed by atoms with Crippen LogP contribution in [0.25, 0.3) is 0 Å². The predicted octanol–water partition coefficient (Wildman–Crippen LogP) is 5.85. The number of ether oxygens (including phenoxy) is 4. The molecule has 2 bridgehead atoms. The first-order valence-corrected chi connectivity index (χ1v) is 20.0. The summed E-state index contributed by atoms with van der Waals surface area (Å²) in [5.41, 5.74) is -2.55. The molecule has 254 valence electrons. The fourth-order valence-corrected chi connectivity index (χ4v) is 10.8. The molecule has 1 aliphatic heterocycles. The van der Waals surface area contributed by atoms with E-state index in [9.17, 15) is 19.5 Å². The van der Waals surface area contributed by atoms with Gasteiger partial charge in [-0.05, 0) is 56.6 Å². The van der Waals surface area contributed by atoms with E-state index in [0.29, 0.717) is 12.0 Å². The Labute approximate surface area is 274 Å². The highest BCUT2D eigenvalue weighted by Crippen LogP contribution is 2.67. The molecule has 3 unspecified atom stereocenters. The van der Waals surface area contributed by atoms with Crippen molar-refractivity contribution < 1.29 is 42.9 Å². The highest BCUT2D eigenvalue weighted by Gasteiger charge is 2.77. The van der Waals surface area contributed by atoms with Crippen molar-refractivity contribution in [3.8, 4) is 0 Å². The molecule has 1 N–H and O–H groups in total. The summed E-state index contributed by atoms with van der Waals surface area (Å²) in [7, 11) is -2.15. The molecule has 5 rings (SSSR count). The van der Waals surface area contributed by atoms with Crippen molar-refractivity contribution in [2.45, 2.75) is 123 Å². The zero-order valence-corrected chi connectivity index (χ0v) is 30.3. The standard InChI is InChI=1S/C36H52O9Si/c1-20-17-27-35(19-41-27,44-24(5)38)29-31(43-32(39)25-15-13-12-14-16-25)36(40)18-26(45-46(9,10)11)21(2)28(33(36,6)7)22(3)30(34(20,29)8)42-23(4)37/h12-16,20,22,26-27,29-31,40H,17-19H2,1-11H3/t20-,22+,26?,27+,29?,30+,31?,34+,35-,36+/m0/s1. The van der Waals surface area contributed by atoms with Crippen molar-refractivity contribution in [2.24, 2.45) is 28.6 Å². The van der Waals surface area contributed by atoms with Crippen LogP contribution in [0.3, 0.4) is 0 Å². The Balaban J connectivity index is 1.86. The van der Waals surface area contributed by atoms with Gasteiger partial charge < -0.3 is 28.5 Å². The van der Waals surface area contributed by atoms with Gasteiger partial charge in [0.25, 0.3) is 0 Å². The molecule has 10 heteroatoms. The molecule has 0 aromatic heterocycles. The Morgan fingerprint density at radius 2 is 1.59 bits per heavy atom. The van der Waals surface area contributed by atoms with Crippen molar-refractivity contribution in [3.63, 3.8) is 0 Å². The summed E-state index contributed by atoms with van der Waals surface area (Å²) in [6.07, 6.45) is -2.17. The van der Waals surface area contributed by atoms with E-state index in [1.165, 1.54) is 13.8 Å². The number of esters is 3. The highest BCUT2D eigenvalue weighted by molar-refractivity contribution is 6.69. The number of rotatable bonds is 6. The smallest absolute Gasteiger partial charge is 0.338 e. The Kier molecular flexibility index (Phi) is 8.75. The van der Waals surface area contributed by atoms with E-state index in [1.807, 2.05) is 26.8 Å². The fourth-order valence-electron chi connectivity index (χ4n) is 9.64. The third-order valence-corrected chi connectivity index (χ3v) is 12.7. The van der Waals surface area contributed by atoms with Gasteiger partial charge >= 0.3 is 17.9 Å². The quantitative estimate of drug-likeness (QED) is 0.174. The molecule has 10 atom stereocenters. The molecule has 1 heterocycles. The maximum absolute atomic E-state index is 14.1. The molecular formula is C36H52O9Si. The number of carbonyl (C=O) groups excluding carboxylic acids is 3.